The van der Waals surface area contributed by atoms with E-state index in [1.807, 2.05) is 12.1 Å². The first-order valence-electron chi connectivity index (χ1n) is 5.85. The third kappa shape index (κ3) is 2.74. The number of thiophene rings is 1. The number of aromatic nitrogens is 2. The predicted octanol–water partition coefficient (Wildman–Crippen LogP) is 3.97. The van der Waals surface area contributed by atoms with Crippen molar-refractivity contribution >= 4 is 50.6 Å². The van der Waals surface area contributed by atoms with Gasteiger partial charge in [0.05, 0.1) is 12.1 Å². The second-order valence-electron chi connectivity index (χ2n) is 4.14. The highest BCUT2D eigenvalue weighted by Gasteiger charge is 2.19. The minimum absolute atomic E-state index is 0.0716. The Morgan fingerprint density at radius 3 is 2.95 bits per heavy atom. The van der Waals surface area contributed by atoms with Crippen LogP contribution in [0.4, 0.5) is 0 Å². The molecular weight excluding hydrogens is 335 g/mol. The molecule has 0 aliphatic carbocycles. The molecule has 2 aromatic heterocycles. The van der Waals surface area contributed by atoms with E-state index in [0.717, 1.165) is 10.1 Å². The van der Waals surface area contributed by atoms with Crippen LogP contribution in [0.2, 0.25) is 10.0 Å². The van der Waals surface area contributed by atoms with Gasteiger partial charge >= 0.3 is 5.97 Å². The number of hydrogen-bond donors (Lipinski definition) is 0. The third-order valence-corrected chi connectivity index (χ3v) is 4.66. The summed E-state index contributed by atoms with van der Waals surface area (Å²) in [6.45, 7) is 0. The highest BCUT2D eigenvalue weighted by Crippen LogP contribution is 2.42. The molecule has 0 aliphatic heterocycles. The number of fused-ring (bicyclic) bond motifs is 1. The molecule has 0 fully saturated rings. The first kappa shape index (κ1) is 14.3. The number of carbonyl (C=O) groups excluding carboxylic acids is 1. The molecule has 108 valence electrons. The van der Waals surface area contributed by atoms with Crippen LogP contribution >= 0.6 is 34.5 Å². The monoisotopic (exact) mass is 342 g/mol. The first-order valence-corrected chi connectivity index (χ1v) is 7.43. The van der Waals surface area contributed by atoms with Crippen molar-refractivity contribution in [2.45, 2.75) is 6.42 Å². The Morgan fingerprint density at radius 1 is 1.38 bits per heavy atom. The molecule has 3 rings (SSSR count). The summed E-state index contributed by atoms with van der Waals surface area (Å²) in [5.74, 6) is 0.0130. The van der Waals surface area contributed by atoms with Crippen LogP contribution in [0.25, 0.3) is 20.9 Å². The lowest BCUT2D eigenvalue weighted by Gasteiger charge is -1.93. The van der Waals surface area contributed by atoms with Crippen LogP contribution < -0.4 is 0 Å². The van der Waals surface area contributed by atoms with Gasteiger partial charge in [-0.2, -0.15) is 0 Å². The van der Waals surface area contributed by atoms with Crippen LogP contribution in [0.15, 0.2) is 22.6 Å². The normalized spacial score (nSPS) is 11.0. The van der Waals surface area contributed by atoms with Crippen molar-refractivity contribution in [2.75, 3.05) is 7.11 Å². The Morgan fingerprint density at radius 2 is 2.19 bits per heavy atom. The van der Waals surface area contributed by atoms with E-state index in [2.05, 4.69) is 14.9 Å². The Kier molecular flexibility index (Phi) is 3.84. The molecule has 8 heteroatoms. The number of ether oxygens (including phenoxy) is 1. The Bertz CT molecular complexity index is 828. The van der Waals surface area contributed by atoms with Crippen molar-refractivity contribution in [3.63, 3.8) is 0 Å². The van der Waals surface area contributed by atoms with Gasteiger partial charge in [-0.3, -0.25) is 4.79 Å². The van der Waals surface area contributed by atoms with Gasteiger partial charge in [0.1, 0.15) is 11.3 Å². The summed E-state index contributed by atoms with van der Waals surface area (Å²) in [6.07, 6.45) is -0.0716. The molecule has 3 aromatic rings. The van der Waals surface area contributed by atoms with Gasteiger partial charge in [-0.1, -0.05) is 29.3 Å². The lowest BCUT2D eigenvalue weighted by molar-refractivity contribution is -0.140. The van der Waals surface area contributed by atoms with E-state index in [1.165, 1.54) is 18.4 Å². The maximum Gasteiger partial charge on any atom is 0.315 e. The lowest BCUT2D eigenvalue weighted by Crippen LogP contribution is -2.04. The van der Waals surface area contributed by atoms with Crippen LogP contribution in [0.3, 0.4) is 0 Å². The van der Waals surface area contributed by atoms with Gasteiger partial charge in [0, 0.05) is 15.1 Å². The molecule has 5 nitrogen and oxygen atoms in total. The van der Waals surface area contributed by atoms with Crippen molar-refractivity contribution in [3.8, 4) is 10.8 Å². The molecule has 0 saturated heterocycles. The number of halogens is 2. The lowest BCUT2D eigenvalue weighted by atomic mass is 10.2. The van der Waals surface area contributed by atoms with Gasteiger partial charge in [0.15, 0.2) is 0 Å². The van der Waals surface area contributed by atoms with Crippen molar-refractivity contribution in [2.24, 2.45) is 0 Å². The molecule has 21 heavy (non-hydrogen) atoms. The fourth-order valence-corrected chi connectivity index (χ4v) is 3.50. The maximum atomic E-state index is 11.2. The minimum atomic E-state index is -0.445. The largest absolute Gasteiger partial charge is 0.469 e. The van der Waals surface area contributed by atoms with Crippen LogP contribution in [0.1, 0.15) is 5.89 Å². The number of hydrogen-bond acceptors (Lipinski definition) is 6. The summed E-state index contributed by atoms with van der Waals surface area (Å²) in [5.41, 5.74) is 0. The molecule has 0 N–H and O–H groups in total. The van der Waals surface area contributed by atoms with E-state index >= 15 is 0 Å². The summed E-state index contributed by atoms with van der Waals surface area (Å²) < 4.78 is 10.9. The fraction of sp³-hybridized carbons (Fsp3) is 0.154. The third-order valence-electron chi connectivity index (χ3n) is 2.78. The topological polar surface area (TPSA) is 65.2 Å². The summed E-state index contributed by atoms with van der Waals surface area (Å²) in [5, 5.41) is 9.76. The number of rotatable bonds is 3. The van der Waals surface area contributed by atoms with Crippen LogP contribution in [-0.4, -0.2) is 23.3 Å². The van der Waals surface area contributed by atoms with Gasteiger partial charge in [0.25, 0.3) is 5.89 Å². The van der Waals surface area contributed by atoms with E-state index < -0.39 is 5.97 Å². The second kappa shape index (κ2) is 5.63. The zero-order chi connectivity index (χ0) is 15.0. The van der Waals surface area contributed by atoms with Crippen LogP contribution in [-0.2, 0) is 16.0 Å². The summed E-state index contributed by atoms with van der Waals surface area (Å²) in [4.78, 5) is 11.8. The zero-order valence-electron chi connectivity index (χ0n) is 10.7. The maximum absolute atomic E-state index is 11.2. The van der Waals surface area contributed by atoms with E-state index in [1.54, 1.807) is 6.07 Å². The molecule has 0 bridgehead atoms. The molecule has 0 amide bonds. The molecule has 2 heterocycles. The van der Waals surface area contributed by atoms with Gasteiger partial charge in [-0.05, 0) is 12.1 Å². The molecule has 0 aliphatic rings. The second-order valence-corrected chi connectivity index (χ2v) is 6.01. The summed E-state index contributed by atoms with van der Waals surface area (Å²) in [7, 11) is 1.30. The molecular formula is C13H8Cl2N2O3S. The number of methoxy groups -OCH3 is 1. The van der Waals surface area contributed by atoms with Crippen molar-refractivity contribution < 1.29 is 13.9 Å². The Hall–Kier alpha value is -1.63. The minimum Gasteiger partial charge on any atom is -0.469 e. The van der Waals surface area contributed by atoms with Gasteiger partial charge in [-0.15, -0.1) is 21.5 Å². The van der Waals surface area contributed by atoms with Crippen molar-refractivity contribution in [1.29, 1.82) is 0 Å². The molecule has 0 unspecified atom stereocenters. The quantitative estimate of drug-likeness (QED) is 0.673. The fourth-order valence-electron chi connectivity index (χ4n) is 1.79. The van der Waals surface area contributed by atoms with E-state index in [4.69, 9.17) is 27.6 Å². The van der Waals surface area contributed by atoms with E-state index in [9.17, 15) is 4.79 Å². The van der Waals surface area contributed by atoms with E-state index in [-0.39, 0.29) is 18.2 Å². The molecule has 0 spiro atoms. The highest BCUT2D eigenvalue weighted by molar-refractivity contribution is 7.23. The highest BCUT2D eigenvalue weighted by atomic mass is 35.5. The van der Waals surface area contributed by atoms with Gasteiger partial charge in [0.2, 0.25) is 5.89 Å². The number of benzene rings is 1. The first-order chi connectivity index (χ1) is 10.1. The Balaban J connectivity index is 2.00. The average molecular weight is 343 g/mol. The zero-order valence-corrected chi connectivity index (χ0v) is 13.1. The van der Waals surface area contributed by atoms with E-state index in [0.29, 0.717) is 14.9 Å². The van der Waals surface area contributed by atoms with Gasteiger partial charge < -0.3 is 9.15 Å². The SMILES string of the molecule is COC(=O)Cc1nnc(-c2sc3cc(Cl)ccc3c2Cl)o1. The van der Waals surface area contributed by atoms with Crippen LogP contribution in [0.5, 0.6) is 0 Å². The van der Waals surface area contributed by atoms with Crippen molar-refractivity contribution in [3.05, 3.63) is 34.1 Å². The molecule has 0 radical (unpaired) electrons. The summed E-state index contributed by atoms with van der Waals surface area (Å²) >= 11 is 13.7. The average Bonchev–Trinajstić information content (AvgIpc) is 3.03. The number of esters is 1. The number of nitrogens with zero attached hydrogens (tertiary/aromatic N) is 2. The molecule has 0 atom stereocenters. The van der Waals surface area contributed by atoms with Crippen molar-refractivity contribution in [1.82, 2.24) is 10.2 Å². The number of carbonyl (C=O) groups is 1. The Labute approximate surface area is 133 Å². The smallest absolute Gasteiger partial charge is 0.315 e. The molecule has 0 saturated carbocycles. The standard InChI is InChI=1S/C13H8Cl2N2O3S/c1-19-10(18)5-9-16-17-13(20-9)12-11(15)7-3-2-6(14)4-8(7)21-12/h2-4H,5H2,1H3. The van der Waals surface area contributed by atoms with Gasteiger partial charge in [-0.25, -0.2) is 0 Å². The summed E-state index contributed by atoms with van der Waals surface area (Å²) in [6, 6.07) is 5.43. The van der Waals surface area contributed by atoms with Crippen LogP contribution in [0, 0.1) is 0 Å². The molecule has 1 aromatic carbocycles. The predicted molar refractivity (Wildman–Crippen MR) is 80.9 cm³/mol.